The standard InChI is InChI=1S/C16H22N2O5/c1-2-22-16(21)18-5-3-17(4-6-18)14(19)12-9-7-10-11(8-9)23-15(20)13(10)12/h9-13H,2-8H2,1H3. The van der Waals surface area contributed by atoms with Crippen LogP contribution in [0.3, 0.4) is 0 Å². The van der Waals surface area contributed by atoms with Gasteiger partial charge in [-0.1, -0.05) is 0 Å². The molecule has 0 spiro atoms. The number of carbonyl (C=O) groups is 3. The van der Waals surface area contributed by atoms with Gasteiger partial charge in [-0.2, -0.15) is 0 Å². The maximum absolute atomic E-state index is 12.9. The van der Waals surface area contributed by atoms with Crippen molar-refractivity contribution in [1.29, 1.82) is 0 Å². The molecule has 2 amide bonds. The number of piperazine rings is 1. The van der Waals surface area contributed by atoms with Crippen molar-refractivity contribution in [3.8, 4) is 0 Å². The van der Waals surface area contributed by atoms with E-state index in [9.17, 15) is 14.4 Å². The summed E-state index contributed by atoms with van der Waals surface area (Å²) in [6, 6.07) is 0. The lowest BCUT2D eigenvalue weighted by Gasteiger charge is -2.37. The van der Waals surface area contributed by atoms with Crippen LogP contribution in [0.4, 0.5) is 4.79 Å². The molecule has 0 N–H and O–H groups in total. The van der Waals surface area contributed by atoms with Gasteiger partial charge in [0.15, 0.2) is 0 Å². The van der Waals surface area contributed by atoms with Crippen LogP contribution in [0, 0.1) is 23.7 Å². The molecular weight excluding hydrogens is 300 g/mol. The molecule has 2 aliphatic heterocycles. The predicted molar refractivity (Wildman–Crippen MR) is 78.2 cm³/mol. The third-order valence-electron chi connectivity index (χ3n) is 5.89. The van der Waals surface area contributed by atoms with Crippen molar-refractivity contribution in [2.24, 2.45) is 23.7 Å². The summed E-state index contributed by atoms with van der Waals surface area (Å²) < 4.78 is 10.4. The molecule has 0 aromatic heterocycles. The number of rotatable bonds is 2. The Labute approximate surface area is 134 Å². The van der Waals surface area contributed by atoms with Gasteiger partial charge in [-0.05, 0) is 25.7 Å². The van der Waals surface area contributed by atoms with Gasteiger partial charge in [-0.3, -0.25) is 9.59 Å². The zero-order valence-corrected chi connectivity index (χ0v) is 13.3. The Kier molecular flexibility index (Phi) is 3.46. The summed E-state index contributed by atoms with van der Waals surface area (Å²) in [5, 5.41) is 0. The normalized spacial score (nSPS) is 38.0. The molecule has 7 nitrogen and oxygen atoms in total. The molecule has 23 heavy (non-hydrogen) atoms. The Morgan fingerprint density at radius 2 is 1.87 bits per heavy atom. The van der Waals surface area contributed by atoms with Crippen molar-refractivity contribution < 1.29 is 23.9 Å². The van der Waals surface area contributed by atoms with Crippen LogP contribution in [0.5, 0.6) is 0 Å². The summed E-state index contributed by atoms with van der Waals surface area (Å²) in [7, 11) is 0. The molecule has 2 heterocycles. The topological polar surface area (TPSA) is 76.2 Å². The highest BCUT2D eigenvalue weighted by Gasteiger charge is 2.64. The number of nitrogens with zero attached hydrogens (tertiary/aromatic N) is 2. The highest BCUT2D eigenvalue weighted by Crippen LogP contribution is 2.58. The Morgan fingerprint density at radius 1 is 1.17 bits per heavy atom. The molecule has 126 valence electrons. The Morgan fingerprint density at radius 3 is 2.57 bits per heavy atom. The summed E-state index contributed by atoms with van der Waals surface area (Å²) in [5.41, 5.74) is 0. The van der Waals surface area contributed by atoms with E-state index in [-0.39, 0.29) is 47.7 Å². The van der Waals surface area contributed by atoms with E-state index in [1.807, 2.05) is 4.90 Å². The smallest absolute Gasteiger partial charge is 0.409 e. The van der Waals surface area contributed by atoms with Crippen molar-refractivity contribution in [2.45, 2.75) is 25.9 Å². The Hall–Kier alpha value is -1.79. The van der Waals surface area contributed by atoms with Gasteiger partial charge in [0.1, 0.15) is 6.10 Å². The second-order valence-corrected chi connectivity index (χ2v) is 6.93. The minimum Gasteiger partial charge on any atom is -0.462 e. The Bertz CT molecular complexity index is 541. The summed E-state index contributed by atoms with van der Waals surface area (Å²) in [4.78, 5) is 40.1. The third kappa shape index (κ3) is 2.20. The van der Waals surface area contributed by atoms with E-state index in [2.05, 4.69) is 0 Å². The minimum atomic E-state index is -0.318. The van der Waals surface area contributed by atoms with Crippen LogP contribution in [0.15, 0.2) is 0 Å². The van der Waals surface area contributed by atoms with Gasteiger partial charge in [0, 0.05) is 32.1 Å². The van der Waals surface area contributed by atoms with E-state index >= 15 is 0 Å². The van der Waals surface area contributed by atoms with Crippen molar-refractivity contribution in [2.75, 3.05) is 32.8 Å². The fourth-order valence-electron chi connectivity index (χ4n) is 4.88. The largest absolute Gasteiger partial charge is 0.462 e. The number of carbonyl (C=O) groups excluding carboxylic acids is 3. The first-order chi connectivity index (χ1) is 11.1. The van der Waals surface area contributed by atoms with E-state index in [0.717, 1.165) is 12.8 Å². The SMILES string of the molecule is CCOC(=O)N1CCN(C(=O)C2C3CC4OC(=O)C2C4C3)CC1. The number of amides is 2. The maximum Gasteiger partial charge on any atom is 0.409 e. The lowest BCUT2D eigenvalue weighted by Crippen LogP contribution is -2.53. The number of hydrogen-bond donors (Lipinski definition) is 0. The van der Waals surface area contributed by atoms with Gasteiger partial charge in [0.2, 0.25) is 5.91 Å². The van der Waals surface area contributed by atoms with E-state index in [4.69, 9.17) is 9.47 Å². The number of fused-ring (bicyclic) bond motifs is 1. The number of ether oxygens (including phenoxy) is 2. The van der Waals surface area contributed by atoms with Crippen molar-refractivity contribution in [3.63, 3.8) is 0 Å². The van der Waals surface area contributed by atoms with Crippen LogP contribution in [0.2, 0.25) is 0 Å². The van der Waals surface area contributed by atoms with Crippen LogP contribution in [0.25, 0.3) is 0 Å². The van der Waals surface area contributed by atoms with Gasteiger partial charge in [-0.25, -0.2) is 4.79 Å². The molecule has 4 rings (SSSR count). The minimum absolute atomic E-state index is 0.0576. The molecule has 0 aromatic rings. The molecule has 0 aromatic carbocycles. The Balaban J connectivity index is 1.39. The van der Waals surface area contributed by atoms with Crippen LogP contribution in [-0.4, -0.2) is 66.7 Å². The fraction of sp³-hybridized carbons (Fsp3) is 0.812. The van der Waals surface area contributed by atoms with Gasteiger partial charge in [-0.15, -0.1) is 0 Å². The third-order valence-corrected chi connectivity index (χ3v) is 5.89. The van der Waals surface area contributed by atoms with E-state index in [1.165, 1.54) is 0 Å². The van der Waals surface area contributed by atoms with Crippen molar-refractivity contribution in [3.05, 3.63) is 0 Å². The second-order valence-electron chi connectivity index (χ2n) is 6.93. The molecule has 5 unspecified atom stereocenters. The van der Waals surface area contributed by atoms with Crippen LogP contribution >= 0.6 is 0 Å². The molecule has 7 heteroatoms. The molecule has 5 atom stereocenters. The first kappa shape index (κ1) is 14.8. The van der Waals surface area contributed by atoms with Crippen molar-refractivity contribution >= 4 is 18.0 Å². The molecule has 2 saturated carbocycles. The highest BCUT2D eigenvalue weighted by atomic mass is 16.6. The first-order valence-corrected chi connectivity index (χ1v) is 8.51. The molecular formula is C16H22N2O5. The quantitative estimate of drug-likeness (QED) is 0.691. The van der Waals surface area contributed by atoms with Crippen LogP contribution < -0.4 is 0 Å². The predicted octanol–water partition coefficient (Wildman–Crippen LogP) is 0.485. The summed E-state index contributed by atoms with van der Waals surface area (Å²) in [6.45, 7) is 4.13. The fourth-order valence-corrected chi connectivity index (χ4v) is 4.88. The summed E-state index contributed by atoms with van der Waals surface area (Å²) >= 11 is 0. The van der Waals surface area contributed by atoms with Gasteiger partial charge < -0.3 is 19.3 Å². The first-order valence-electron chi connectivity index (χ1n) is 8.51. The highest BCUT2D eigenvalue weighted by molar-refractivity contribution is 5.88. The van der Waals surface area contributed by atoms with Gasteiger partial charge in [0.05, 0.1) is 18.4 Å². The van der Waals surface area contributed by atoms with E-state index < -0.39 is 0 Å². The average molecular weight is 322 g/mol. The number of esters is 1. The summed E-state index contributed by atoms with van der Waals surface area (Å²) in [5.74, 6) is 0.000792. The zero-order chi connectivity index (χ0) is 16.1. The van der Waals surface area contributed by atoms with E-state index in [1.54, 1.807) is 11.8 Å². The molecule has 4 aliphatic rings. The maximum atomic E-state index is 12.9. The van der Waals surface area contributed by atoms with Crippen molar-refractivity contribution in [1.82, 2.24) is 9.80 Å². The molecule has 0 radical (unpaired) electrons. The molecule has 2 saturated heterocycles. The average Bonchev–Trinajstić information content (AvgIpc) is 3.16. The second kappa shape index (κ2) is 5.39. The lowest BCUT2D eigenvalue weighted by molar-refractivity contribution is -0.148. The van der Waals surface area contributed by atoms with Gasteiger partial charge >= 0.3 is 12.1 Å². The zero-order valence-electron chi connectivity index (χ0n) is 13.3. The van der Waals surface area contributed by atoms with E-state index in [0.29, 0.717) is 32.8 Å². The summed E-state index contributed by atoms with van der Waals surface area (Å²) in [6.07, 6.45) is 1.52. The van der Waals surface area contributed by atoms with Crippen LogP contribution in [0.1, 0.15) is 19.8 Å². The van der Waals surface area contributed by atoms with Crippen LogP contribution in [-0.2, 0) is 19.1 Å². The molecule has 4 fully saturated rings. The monoisotopic (exact) mass is 322 g/mol. The molecule has 2 bridgehead atoms. The molecule has 2 aliphatic carbocycles. The van der Waals surface area contributed by atoms with Gasteiger partial charge in [0.25, 0.3) is 0 Å². The number of hydrogen-bond acceptors (Lipinski definition) is 5. The lowest BCUT2D eigenvalue weighted by atomic mass is 9.79.